The highest BCUT2D eigenvalue weighted by molar-refractivity contribution is 5.80. The molecule has 1 aliphatic rings. The Balaban J connectivity index is 0.000000635. The van der Waals surface area contributed by atoms with Crippen LogP contribution in [-0.2, 0) is 14.3 Å². The summed E-state index contributed by atoms with van der Waals surface area (Å²) in [5.74, 6) is -2.57. The van der Waals surface area contributed by atoms with Crippen molar-refractivity contribution in [2.75, 3.05) is 6.61 Å². The molecule has 0 amide bonds. The number of halogens is 2. The summed E-state index contributed by atoms with van der Waals surface area (Å²) in [6, 6.07) is 8.52. The molecule has 0 aliphatic heterocycles. The summed E-state index contributed by atoms with van der Waals surface area (Å²) in [6.45, 7) is 9.02. The van der Waals surface area contributed by atoms with Crippen LogP contribution >= 0.6 is 0 Å². The Labute approximate surface area is 198 Å². The highest BCUT2D eigenvalue weighted by Crippen LogP contribution is 2.26. The zero-order chi connectivity index (χ0) is 25.1. The number of esters is 1. The molecule has 0 aromatic heterocycles. The van der Waals surface area contributed by atoms with Gasteiger partial charge in [0.1, 0.15) is 11.5 Å². The first kappa shape index (κ1) is 30.5. The van der Waals surface area contributed by atoms with Crippen LogP contribution in [0, 0.1) is 5.92 Å². The summed E-state index contributed by atoms with van der Waals surface area (Å²) in [5, 5.41) is 0. The molecule has 1 fully saturated rings. The maximum atomic E-state index is 13.6. The highest BCUT2D eigenvalue weighted by Gasteiger charge is 2.28. The van der Waals surface area contributed by atoms with Crippen molar-refractivity contribution >= 4 is 11.8 Å². The number of rotatable bonds is 10. The molecule has 1 aliphatic carbocycles. The van der Waals surface area contributed by atoms with E-state index in [4.69, 9.17) is 9.47 Å². The van der Waals surface area contributed by atoms with Gasteiger partial charge in [0.15, 0.2) is 6.61 Å². The quantitative estimate of drug-likeness (QED) is 0.206. The summed E-state index contributed by atoms with van der Waals surface area (Å²) < 4.78 is 37.1. The number of carbonyl (C=O) groups excluding carboxylic acids is 2. The number of hydrogen-bond acceptors (Lipinski definition) is 4. The van der Waals surface area contributed by atoms with Gasteiger partial charge in [0, 0.05) is 19.3 Å². The van der Waals surface area contributed by atoms with E-state index in [1.807, 2.05) is 40.7 Å². The van der Waals surface area contributed by atoms with E-state index in [-0.39, 0.29) is 23.8 Å². The van der Waals surface area contributed by atoms with Crippen molar-refractivity contribution in [3.63, 3.8) is 0 Å². The molecule has 0 radical (unpaired) electrons. The number of alkyl halides is 2. The van der Waals surface area contributed by atoms with Gasteiger partial charge in [-0.05, 0) is 64.2 Å². The van der Waals surface area contributed by atoms with E-state index in [1.54, 1.807) is 30.3 Å². The third-order valence-electron chi connectivity index (χ3n) is 4.43. The molecule has 0 saturated heterocycles. The molecule has 4 nitrogen and oxygen atoms in total. The predicted octanol–water partition coefficient (Wildman–Crippen LogP) is 7.34. The van der Waals surface area contributed by atoms with Crippen LogP contribution in [0.2, 0.25) is 0 Å². The van der Waals surface area contributed by atoms with E-state index < -0.39 is 12.5 Å². The Bertz CT molecular complexity index is 712. The summed E-state index contributed by atoms with van der Waals surface area (Å²) in [7, 11) is 0. The molecule has 0 heterocycles. The fourth-order valence-electron chi connectivity index (χ4n) is 2.88. The summed E-state index contributed by atoms with van der Waals surface area (Å²) in [5.41, 5.74) is 0. The Morgan fingerprint density at radius 3 is 2.42 bits per heavy atom. The minimum Gasteiger partial charge on any atom is -0.487 e. The van der Waals surface area contributed by atoms with E-state index in [0.717, 1.165) is 18.9 Å². The highest BCUT2D eigenvalue weighted by atomic mass is 19.3. The van der Waals surface area contributed by atoms with E-state index in [0.29, 0.717) is 31.4 Å². The van der Waals surface area contributed by atoms with Crippen molar-refractivity contribution in [3.8, 4) is 5.75 Å². The molecule has 1 aromatic carbocycles. The average molecular weight is 467 g/mol. The lowest BCUT2D eigenvalue weighted by molar-refractivity contribution is -0.147. The fraction of sp³-hybridized carbons (Fsp3) is 0.556. The van der Waals surface area contributed by atoms with Gasteiger partial charge in [0.05, 0.1) is 6.10 Å². The topological polar surface area (TPSA) is 52.6 Å². The van der Waals surface area contributed by atoms with Crippen molar-refractivity contribution < 1.29 is 27.8 Å². The molecular weight excluding hydrogens is 426 g/mol. The fourth-order valence-corrected chi connectivity index (χ4v) is 2.88. The molecule has 1 unspecified atom stereocenters. The second kappa shape index (κ2) is 18.0. The third kappa shape index (κ3) is 16.7. The molecule has 33 heavy (non-hydrogen) atoms. The Morgan fingerprint density at radius 1 is 1.21 bits per heavy atom. The molecule has 1 atom stereocenters. The first-order valence-corrected chi connectivity index (χ1v) is 11.8. The number of ether oxygens (including phenoxy) is 2. The van der Waals surface area contributed by atoms with Gasteiger partial charge in [0.2, 0.25) is 0 Å². The van der Waals surface area contributed by atoms with Crippen molar-refractivity contribution in [2.45, 2.75) is 85.2 Å². The number of Topliss-reactive ketones (excluding diaryl/α,β-unsaturated/α-hetero) is 1. The van der Waals surface area contributed by atoms with Gasteiger partial charge >= 0.3 is 5.97 Å². The van der Waals surface area contributed by atoms with E-state index in [2.05, 4.69) is 6.08 Å². The molecule has 2 rings (SSSR count). The normalized spacial score (nSPS) is 15.8. The average Bonchev–Trinajstić information content (AvgIpc) is 3.21. The minimum atomic E-state index is -3.01. The lowest BCUT2D eigenvalue weighted by Crippen LogP contribution is -2.23. The monoisotopic (exact) mass is 466 g/mol. The molecule has 186 valence electrons. The van der Waals surface area contributed by atoms with Gasteiger partial charge in [-0.15, -0.1) is 0 Å². The van der Waals surface area contributed by atoms with Gasteiger partial charge in [-0.1, -0.05) is 50.3 Å². The molecule has 6 heteroatoms. The number of carbonyl (C=O) groups is 2. The second-order valence-electron chi connectivity index (χ2n) is 7.76. The predicted molar refractivity (Wildman–Crippen MR) is 130 cm³/mol. The molecule has 1 saturated carbocycles. The summed E-state index contributed by atoms with van der Waals surface area (Å²) in [6.07, 6.45) is 10.3. The Kier molecular flexibility index (Phi) is 16.6. The number of benzene rings is 1. The van der Waals surface area contributed by atoms with Crippen LogP contribution in [-0.4, -0.2) is 30.4 Å². The maximum Gasteiger partial charge on any atom is 0.306 e. The summed E-state index contributed by atoms with van der Waals surface area (Å²) in [4.78, 5) is 22.0. The first-order valence-electron chi connectivity index (χ1n) is 11.8. The molecule has 1 aromatic rings. The van der Waals surface area contributed by atoms with Crippen LogP contribution in [0.15, 0.2) is 54.6 Å². The number of unbranched alkanes of at least 4 members (excludes halogenated alkanes) is 1. The van der Waals surface area contributed by atoms with Crippen molar-refractivity contribution in [2.24, 2.45) is 5.92 Å². The van der Waals surface area contributed by atoms with Crippen LogP contribution in [0.3, 0.4) is 0 Å². The third-order valence-corrected chi connectivity index (χ3v) is 4.43. The zero-order valence-electron chi connectivity index (χ0n) is 20.7. The van der Waals surface area contributed by atoms with Crippen LogP contribution in [0.25, 0.3) is 0 Å². The van der Waals surface area contributed by atoms with Crippen LogP contribution < -0.4 is 4.74 Å². The number of ketones is 1. The van der Waals surface area contributed by atoms with E-state index in [1.165, 1.54) is 6.08 Å². The van der Waals surface area contributed by atoms with Crippen molar-refractivity contribution in [3.05, 3.63) is 54.6 Å². The Hall–Kier alpha value is -2.50. The lowest BCUT2D eigenvalue weighted by atomic mass is 10.1. The molecule has 0 N–H and O–H groups in total. The van der Waals surface area contributed by atoms with Crippen molar-refractivity contribution in [1.29, 1.82) is 0 Å². The number of hydrogen-bond donors (Lipinski definition) is 0. The minimum absolute atomic E-state index is 0.0132. The van der Waals surface area contributed by atoms with Gasteiger partial charge < -0.3 is 9.47 Å². The number of para-hydroxylation sites is 1. The maximum absolute atomic E-state index is 13.6. The lowest BCUT2D eigenvalue weighted by Gasteiger charge is -2.14. The molecule has 0 spiro atoms. The SMILES string of the molecule is C/C=C\CCCC(=O)OC(C)C.CC.O=C1CCC(/C=C/C(F)(F)COc2ccccc2)C1. The van der Waals surface area contributed by atoms with Crippen LogP contribution in [0.1, 0.15) is 73.1 Å². The zero-order valence-corrected chi connectivity index (χ0v) is 20.7. The van der Waals surface area contributed by atoms with E-state index in [9.17, 15) is 18.4 Å². The van der Waals surface area contributed by atoms with Crippen molar-refractivity contribution in [1.82, 2.24) is 0 Å². The summed E-state index contributed by atoms with van der Waals surface area (Å²) >= 11 is 0. The largest absolute Gasteiger partial charge is 0.487 e. The van der Waals surface area contributed by atoms with Gasteiger partial charge in [-0.2, -0.15) is 8.78 Å². The van der Waals surface area contributed by atoms with Gasteiger partial charge in [-0.25, -0.2) is 0 Å². The molecular formula is C27H40F2O4. The smallest absolute Gasteiger partial charge is 0.306 e. The van der Waals surface area contributed by atoms with Crippen LogP contribution in [0.5, 0.6) is 5.75 Å². The van der Waals surface area contributed by atoms with E-state index >= 15 is 0 Å². The van der Waals surface area contributed by atoms with Crippen LogP contribution in [0.4, 0.5) is 8.78 Å². The first-order chi connectivity index (χ1) is 15.7. The van der Waals surface area contributed by atoms with Gasteiger partial charge in [0.25, 0.3) is 5.92 Å². The Morgan fingerprint density at radius 2 is 1.88 bits per heavy atom. The van der Waals surface area contributed by atoms with Gasteiger partial charge in [-0.3, -0.25) is 9.59 Å². The number of allylic oxidation sites excluding steroid dienone is 3. The molecule has 0 bridgehead atoms. The standard InChI is InChI=1S/C15H16F2O2.C10H18O2.C2H6/c16-15(17,9-8-12-6-7-13(18)10-12)11-19-14-4-2-1-3-5-14;1-4-5-6-7-8-10(11)12-9(2)3;1-2/h1-5,8-9,12H,6-7,10-11H2;4-5,9H,6-8H2,1-3H3;1-2H3/b9-8+;5-4-;. The second-order valence-corrected chi connectivity index (χ2v) is 7.76.